The molecule has 0 aliphatic heterocycles. The number of unbranched alkanes of at least 4 members (excludes halogenated alkanes) is 1. The Labute approximate surface area is 118 Å². The maximum Gasteiger partial charge on any atom is 0.254 e. The molecule has 20 heavy (non-hydrogen) atoms. The highest BCUT2D eigenvalue weighted by Crippen LogP contribution is 2.19. The molecule has 0 radical (unpaired) electrons. The molecule has 0 aliphatic rings. The summed E-state index contributed by atoms with van der Waals surface area (Å²) in [5.41, 5.74) is 1.11. The zero-order chi connectivity index (χ0) is 14.4. The zero-order valence-corrected chi connectivity index (χ0v) is 12.0. The Kier molecular flexibility index (Phi) is 4.93. The van der Waals surface area contributed by atoms with E-state index in [0.29, 0.717) is 23.9 Å². The van der Waals surface area contributed by atoms with Crippen LogP contribution in [0.5, 0.6) is 11.6 Å². The molecule has 1 aromatic heterocycles. The number of aromatic nitrogens is 2. The molecular formula is C16H20N2O2. The fourth-order valence-corrected chi connectivity index (χ4v) is 1.93. The van der Waals surface area contributed by atoms with E-state index in [1.165, 1.54) is 24.5 Å². The predicted molar refractivity (Wildman–Crippen MR) is 79.4 cm³/mol. The minimum Gasteiger partial charge on any atom is -0.439 e. The summed E-state index contributed by atoms with van der Waals surface area (Å²) in [7, 11) is 0. The summed E-state index contributed by atoms with van der Waals surface area (Å²) in [6, 6.07) is 9.31. The number of aromatic amines is 1. The van der Waals surface area contributed by atoms with Crippen molar-refractivity contribution in [3.05, 3.63) is 52.1 Å². The Hall–Kier alpha value is -2.10. The molecule has 0 saturated heterocycles. The first-order valence-electron chi connectivity index (χ1n) is 7.08. The third-order valence-corrected chi connectivity index (χ3v) is 3.07. The van der Waals surface area contributed by atoms with Crippen LogP contribution in [0.15, 0.2) is 35.1 Å². The van der Waals surface area contributed by atoms with Crippen molar-refractivity contribution in [1.29, 1.82) is 0 Å². The summed E-state index contributed by atoms with van der Waals surface area (Å²) in [6.07, 6.45) is 4.13. The number of ether oxygens (including phenoxy) is 1. The van der Waals surface area contributed by atoms with Crippen molar-refractivity contribution in [3.8, 4) is 11.6 Å². The number of hydrogen-bond acceptors (Lipinski definition) is 3. The summed E-state index contributed by atoms with van der Waals surface area (Å²) in [4.78, 5) is 18.4. The number of nitrogens with zero attached hydrogens (tertiary/aromatic N) is 1. The van der Waals surface area contributed by atoms with Crippen molar-refractivity contribution >= 4 is 0 Å². The standard InChI is InChI=1S/C16H20N2O2/c1-3-5-6-12-7-9-13(10-8-12)20-16-11-15(19)17-14(4-2)18-16/h7-11H,3-6H2,1-2H3,(H,17,18,19). The average molecular weight is 272 g/mol. The van der Waals surface area contributed by atoms with Crippen LogP contribution in [-0.2, 0) is 12.8 Å². The molecule has 1 N–H and O–H groups in total. The lowest BCUT2D eigenvalue weighted by Crippen LogP contribution is -2.10. The first-order chi connectivity index (χ1) is 9.71. The molecule has 0 bridgehead atoms. The first kappa shape index (κ1) is 14.3. The maximum atomic E-state index is 11.5. The van der Waals surface area contributed by atoms with Gasteiger partial charge in [-0.25, -0.2) is 0 Å². The Morgan fingerprint density at radius 2 is 1.95 bits per heavy atom. The van der Waals surface area contributed by atoms with Gasteiger partial charge < -0.3 is 9.72 Å². The Bertz CT molecular complexity index is 603. The summed E-state index contributed by atoms with van der Waals surface area (Å²) < 4.78 is 5.63. The molecule has 0 unspecified atom stereocenters. The van der Waals surface area contributed by atoms with Crippen LogP contribution in [0.2, 0.25) is 0 Å². The third-order valence-electron chi connectivity index (χ3n) is 3.07. The van der Waals surface area contributed by atoms with E-state index in [1.54, 1.807) is 0 Å². The van der Waals surface area contributed by atoms with Gasteiger partial charge in [0.05, 0.1) is 6.07 Å². The van der Waals surface area contributed by atoms with Crippen LogP contribution in [0.1, 0.15) is 38.1 Å². The molecule has 4 heteroatoms. The molecule has 0 amide bonds. The van der Waals surface area contributed by atoms with E-state index in [0.717, 1.165) is 6.42 Å². The van der Waals surface area contributed by atoms with Crippen LogP contribution in [0, 0.1) is 0 Å². The van der Waals surface area contributed by atoms with Gasteiger partial charge in [-0.05, 0) is 30.5 Å². The number of hydrogen-bond donors (Lipinski definition) is 1. The second-order valence-electron chi connectivity index (χ2n) is 4.73. The second kappa shape index (κ2) is 6.89. The van der Waals surface area contributed by atoms with E-state index in [4.69, 9.17) is 4.74 Å². The second-order valence-corrected chi connectivity index (χ2v) is 4.73. The average Bonchev–Trinajstić information content (AvgIpc) is 2.46. The molecule has 0 aliphatic carbocycles. The summed E-state index contributed by atoms with van der Waals surface area (Å²) >= 11 is 0. The van der Waals surface area contributed by atoms with Crippen molar-refractivity contribution in [1.82, 2.24) is 9.97 Å². The summed E-state index contributed by atoms with van der Waals surface area (Å²) in [5.74, 6) is 1.67. The number of H-pyrrole nitrogens is 1. The van der Waals surface area contributed by atoms with Gasteiger partial charge in [-0.1, -0.05) is 32.4 Å². The van der Waals surface area contributed by atoms with Crippen molar-refractivity contribution in [3.63, 3.8) is 0 Å². The molecule has 1 heterocycles. The molecule has 0 saturated carbocycles. The summed E-state index contributed by atoms with van der Waals surface area (Å²) in [5, 5.41) is 0. The van der Waals surface area contributed by atoms with Crippen LogP contribution < -0.4 is 10.3 Å². The van der Waals surface area contributed by atoms with Gasteiger partial charge in [0, 0.05) is 6.42 Å². The topological polar surface area (TPSA) is 55.0 Å². The zero-order valence-electron chi connectivity index (χ0n) is 12.0. The lowest BCUT2D eigenvalue weighted by molar-refractivity contribution is 0.457. The van der Waals surface area contributed by atoms with Gasteiger partial charge in [0.15, 0.2) is 0 Å². The Morgan fingerprint density at radius 3 is 2.60 bits per heavy atom. The molecule has 0 spiro atoms. The monoisotopic (exact) mass is 272 g/mol. The van der Waals surface area contributed by atoms with Gasteiger partial charge in [0.2, 0.25) is 5.88 Å². The van der Waals surface area contributed by atoms with E-state index in [-0.39, 0.29) is 5.56 Å². The van der Waals surface area contributed by atoms with Crippen molar-refractivity contribution in [2.45, 2.75) is 39.5 Å². The number of benzene rings is 1. The van der Waals surface area contributed by atoms with Gasteiger partial charge in [-0.15, -0.1) is 0 Å². The van der Waals surface area contributed by atoms with Crippen LogP contribution in [0.4, 0.5) is 0 Å². The van der Waals surface area contributed by atoms with Gasteiger partial charge in [0.1, 0.15) is 11.6 Å². The van der Waals surface area contributed by atoms with Crippen LogP contribution >= 0.6 is 0 Å². The predicted octanol–water partition coefficient (Wildman–Crippen LogP) is 3.47. The lowest BCUT2D eigenvalue weighted by Gasteiger charge is -2.06. The van der Waals surface area contributed by atoms with Crippen LogP contribution in [0.3, 0.4) is 0 Å². The van der Waals surface area contributed by atoms with Crippen molar-refractivity contribution < 1.29 is 4.74 Å². The smallest absolute Gasteiger partial charge is 0.254 e. The largest absolute Gasteiger partial charge is 0.439 e. The maximum absolute atomic E-state index is 11.5. The molecule has 2 rings (SSSR count). The number of rotatable bonds is 6. The highest BCUT2D eigenvalue weighted by molar-refractivity contribution is 5.30. The fraction of sp³-hybridized carbons (Fsp3) is 0.375. The third kappa shape index (κ3) is 3.95. The highest BCUT2D eigenvalue weighted by atomic mass is 16.5. The Balaban J connectivity index is 2.09. The van der Waals surface area contributed by atoms with Crippen molar-refractivity contribution in [2.24, 2.45) is 0 Å². The Morgan fingerprint density at radius 1 is 1.20 bits per heavy atom. The molecule has 1 aromatic carbocycles. The highest BCUT2D eigenvalue weighted by Gasteiger charge is 2.03. The molecular weight excluding hydrogens is 252 g/mol. The fourth-order valence-electron chi connectivity index (χ4n) is 1.93. The molecule has 4 nitrogen and oxygen atoms in total. The van der Waals surface area contributed by atoms with E-state index in [1.807, 2.05) is 19.1 Å². The molecule has 106 valence electrons. The van der Waals surface area contributed by atoms with Crippen LogP contribution in [0.25, 0.3) is 0 Å². The number of nitrogens with one attached hydrogen (secondary N) is 1. The van der Waals surface area contributed by atoms with E-state index >= 15 is 0 Å². The molecule has 2 aromatic rings. The van der Waals surface area contributed by atoms with Gasteiger partial charge in [-0.3, -0.25) is 4.79 Å². The first-order valence-corrected chi connectivity index (χ1v) is 7.08. The molecule has 0 atom stereocenters. The van der Waals surface area contributed by atoms with Crippen LogP contribution in [-0.4, -0.2) is 9.97 Å². The lowest BCUT2D eigenvalue weighted by atomic mass is 10.1. The SMILES string of the molecule is CCCCc1ccc(Oc2cc(=O)[nH]c(CC)n2)cc1. The minimum atomic E-state index is -0.189. The van der Waals surface area contributed by atoms with Gasteiger partial charge in [-0.2, -0.15) is 4.98 Å². The normalized spacial score (nSPS) is 10.5. The van der Waals surface area contributed by atoms with Gasteiger partial charge in [0.25, 0.3) is 5.56 Å². The minimum absolute atomic E-state index is 0.189. The van der Waals surface area contributed by atoms with E-state index < -0.39 is 0 Å². The van der Waals surface area contributed by atoms with Gasteiger partial charge >= 0.3 is 0 Å². The number of aryl methyl sites for hydroxylation is 2. The van der Waals surface area contributed by atoms with E-state index in [2.05, 4.69) is 29.0 Å². The van der Waals surface area contributed by atoms with Crippen molar-refractivity contribution in [2.75, 3.05) is 0 Å². The van der Waals surface area contributed by atoms with E-state index in [9.17, 15) is 4.79 Å². The quantitative estimate of drug-likeness (QED) is 0.876. The summed E-state index contributed by atoms with van der Waals surface area (Å²) in [6.45, 7) is 4.12. The molecule has 0 fully saturated rings.